The Morgan fingerprint density at radius 1 is 1.09 bits per heavy atom. The number of aromatic nitrogens is 1. The summed E-state index contributed by atoms with van der Waals surface area (Å²) in [5.74, 6) is -0.458. The summed E-state index contributed by atoms with van der Waals surface area (Å²) in [7, 11) is 0. The molecule has 3 aromatic rings. The molecule has 0 atom stereocenters. The van der Waals surface area contributed by atoms with E-state index in [2.05, 4.69) is 4.98 Å². The molecule has 1 aliphatic rings. The van der Waals surface area contributed by atoms with Gasteiger partial charge in [0.25, 0.3) is 0 Å². The van der Waals surface area contributed by atoms with Gasteiger partial charge in [-0.2, -0.15) is 13.2 Å². The molecule has 1 aromatic heterocycles. The molecular formula is C27H23ClF3NO3. The largest absolute Gasteiger partial charge is 0.488 e. The lowest BCUT2D eigenvalue weighted by molar-refractivity contribution is -0.137. The van der Waals surface area contributed by atoms with Crippen molar-refractivity contribution in [1.29, 1.82) is 0 Å². The van der Waals surface area contributed by atoms with E-state index in [1.807, 2.05) is 6.92 Å². The fraction of sp³-hybridized carbons (Fsp3) is 0.259. The van der Waals surface area contributed by atoms with E-state index >= 15 is 0 Å². The van der Waals surface area contributed by atoms with Crippen LogP contribution in [0.1, 0.15) is 64.5 Å². The molecule has 8 heteroatoms. The van der Waals surface area contributed by atoms with Crippen LogP contribution in [-0.4, -0.2) is 16.1 Å². The zero-order chi connectivity index (χ0) is 25.2. The van der Waals surface area contributed by atoms with Gasteiger partial charge in [-0.15, -0.1) is 0 Å². The van der Waals surface area contributed by atoms with Crippen LogP contribution in [0.25, 0.3) is 11.1 Å². The summed E-state index contributed by atoms with van der Waals surface area (Å²) in [5.41, 5.74) is 4.14. The number of carboxylic acids is 1. The Morgan fingerprint density at radius 3 is 2.46 bits per heavy atom. The molecule has 1 heterocycles. The smallest absolute Gasteiger partial charge is 0.416 e. The molecule has 0 aliphatic heterocycles. The van der Waals surface area contributed by atoms with E-state index in [1.165, 1.54) is 12.1 Å². The number of pyridine rings is 1. The topological polar surface area (TPSA) is 59.4 Å². The van der Waals surface area contributed by atoms with E-state index in [1.54, 1.807) is 30.5 Å². The number of rotatable bonds is 7. The lowest BCUT2D eigenvalue weighted by atomic mass is 9.96. The van der Waals surface area contributed by atoms with Gasteiger partial charge < -0.3 is 9.84 Å². The second-order valence-corrected chi connectivity index (χ2v) is 8.75. The monoisotopic (exact) mass is 501 g/mol. The summed E-state index contributed by atoms with van der Waals surface area (Å²) >= 11 is 6.30. The van der Waals surface area contributed by atoms with E-state index < -0.39 is 17.7 Å². The van der Waals surface area contributed by atoms with Crippen molar-refractivity contribution in [3.63, 3.8) is 0 Å². The van der Waals surface area contributed by atoms with Crippen molar-refractivity contribution in [3.05, 3.63) is 93.3 Å². The van der Waals surface area contributed by atoms with Gasteiger partial charge in [0.1, 0.15) is 12.4 Å². The molecule has 0 saturated heterocycles. The highest BCUT2D eigenvalue weighted by atomic mass is 35.5. The average molecular weight is 502 g/mol. The summed E-state index contributed by atoms with van der Waals surface area (Å²) in [4.78, 5) is 16.1. The second-order valence-electron chi connectivity index (χ2n) is 8.31. The average Bonchev–Trinajstić information content (AvgIpc) is 3.32. The summed E-state index contributed by atoms with van der Waals surface area (Å²) in [5, 5.41) is 10.1. The minimum Gasteiger partial charge on any atom is -0.488 e. The number of nitrogens with zero attached hydrogens (tertiary/aromatic N) is 1. The minimum atomic E-state index is -4.39. The van der Waals surface area contributed by atoms with Crippen LogP contribution in [0.4, 0.5) is 13.2 Å². The number of halogens is 4. The van der Waals surface area contributed by atoms with E-state index in [4.69, 9.17) is 16.3 Å². The lowest BCUT2D eigenvalue weighted by Crippen LogP contribution is -2.06. The number of allylic oxidation sites excluding steroid dienone is 2. The van der Waals surface area contributed by atoms with Crippen molar-refractivity contribution in [2.45, 2.75) is 45.4 Å². The van der Waals surface area contributed by atoms with E-state index in [-0.39, 0.29) is 12.2 Å². The first-order chi connectivity index (χ1) is 16.7. The number of alkyl halides is 3. The van der Waals surface area contributed by atoms with Crippen LogP contribution in [0, 0.1) is 0 Å². The van der Waals surface area contributed by atoms with Gasteiger partial charge in [0.05, 0.1) is 16.8 Å². The third-order valence-electron chi connectivity index (χ3n) is 6.04. The van der Waals surface area contributed by atoms with Crippen molar-refractivity contribution in [2.75, 3.05) is 0 Å². The minimum absolute atomic E-state index is 0.0886. The van der Waals surface area contributed by atoms with Crippen LogP contribution < -0.4 is 4.74 Å². The van der Waals surface area contributed by atoms with E-state index in [9.17, 15) is 23.1 Å². The second kappa shape index (κ2) is 10.1. The Bertz CT molecular complexity index is 1280. The van der Waals surface area contributed by atoms with Crippen LogP contribution >= 0.6 is 11.6 Å². The molecule has 35 heavy (non-hydrogen) atoms. The lowest BCUT2D eigenvalue weighted by Gasteiger charge is -2.16. The maximum absolute atomic E-state index is 12.8. The fourth-order valence-electron chi connectivity index (χ4n) is 4.30. The third kappa shape index (κ3) is 5.51. The Labute approximate surface area is 206 Å². The molecule has 1 N–H and O–H groups in total. The van der Waals surface area contributed by atoms with Crippen LogP contribution in [0.3, 0.4) is 0 Å². The molecule has 0 spiro atoms. The van der Waals surface area contributed by atoms with Gasteiger partial charge in [0.2, 0.25) is 0 Å². The molecule has 2 aromatic carbocycles. The maximum atomic E-state index is 12.8. The molecule has 1 aliphatic carbocycles. The molecule has 4 rings (SSSR count). The van der Waals surface area contributed by atoms with Crippen molar-refractivity contribution < 1.29 is 27.8 Å². The Hall–Kier alpha value is -3.32. The predicted octanol–water partition coefficient (Wildman–Crippen LogP) is 7.69. The summed E-state index contributed by atoms with van der Waals surface area (Å²) < 4.78 is 44.5. The molecule has 0 bridgehead atoms. The van der Waals surface area contributed by atoms with Crippen molar-refractivity contribution in [3.8, 4) is 5.75 Å². The van der Waals surface area contributed by atoms with E-state index in [0.29, 0.717) is 28.5 Å². The van der Waals surface area contributed by atoms with Crippen molar-refractivity contribution >= 4 is 28.7 Å². The van der Waals surface area contributed by atoms with Crippen LogP contribution in [0.15, 0.2) is 54.7 Å². The third-order valence-corrected chi connectivity index (χ3v) is 6.28. The number of carboxylic acid groups (broad SMARTS) is 1. The highest BCUT2D eigenvalue weighted by Crippen LogP contribution is 2.44. The van der Waals surface area contributed by atoms with Crippen LogP contribution in [-0.2, 0) is 19.2 Å². The van der Waals surface area contributed by atoms with Gasteiger partial charge in [-0.1, -0.05) is 30.7 Å². The maximum Gasteiger partial charge on any atom is 0.416 e. The molecule has 0 unspecified atom stereocenters. The molecule has 0 fully saturated rings. The normalized spacial score (nSPS) is 13.9. The zero-order valence-corrected chi connectivity index (χ0v) is 19.7. The van der Waals surface area contributed by atoms with Crippen LogP contribution in [0.5, 0.6) is 5.75 Å². The highest BCUT2D eigenvalue weighted by molar-refractivity contribution is 6.30. The molecular weight excluding hydrogens is 479 g/mol. The predicted molar refractivity (Wildman–Crippen MR) is 128 cm³/mol. The molecule has 4 nitrogen and oxygen atoms in total. The van der Waals surface area contributed by atoms with Gasteiger partial charge in [-0.05, 0) is 84.4 Å². The summed E-state index contributed by atoms with van der Waals surface area (Å²) in [6, 6.07) is 11.8. The molecule has 0 amide bonds. The Morgan fingerprint density at radius 2 is 1.80 bits per heavy atom. The number of aromatic carboxylic acids is 1. The van der Waals surface area contributed by atoms with Gasteiger partial charge in [-0.25, -0.2) is 4.79 Å². The highest BCUT2D eigenvalue weighted by Gasteiger charge is 2.30. The summed E-state index contributed by atoms with van der Waals surface area (Å²) in [6.07, 6.45) is 0.228. The zero-order valence-electron chi connectivity index (χ0n) is 19.0. The first-order valence-electron chi connectivity index (χ1n) is 11.2. The molecule has 182 valence electrons. The van der Waals surface area contributed by atoms with Crippen molar-refractivity contribution in [2.24, 2.45) is 0 Å². The number of carbonyl (C=O) groups is 1. The first kappa shape index (κ1) is 24.8. The fourth-order valence-corrected chi connectivity index (χ4v) is 4.47. The number of hydrogen-bond donors (Lipinski definition) is 1. The standard InChI is InChI=1S/C27H23ClF3NO3/c1-2-24-23(26(33)34)12-17(14-32-24)20-4-3-5-21(20)22-13-19(28)10-11-25(22)35-15-16-6-8-18(9-7-16)27(29,30)31/h6-14H,2-5,15H2,1H3,(H,33,34). The van der Waals surface area contributed by atoms with Crippen molar-refractivity contribution in [1.82, 2.24) is 4.98 Å². The SMILES string of the molecule is CCc1ncc(C2=C(c3cc(Cl)ccc3OCc3ccc(C(F)(F)F)cc3)CCC2)cc1C(=O)O. The number of hydrogen-bond acceptors (Lipinski definition) is 3. The first-order valence-corrected chi connectivity index (χ1v) is 11.6. The van der Waals surface area contributed by atoms with Gasteiger partial charge in [0.15, 0.2) is 0 Å². The number of benzene rings is 2. The number of ether oxygens (including phenoxy) is 1. The van der Waals surface area contributed by atoms with Gasteiger partial charge in [0, 0.05) is 16.8 Å². The quantitative estimate of drug-likeness (QED) is 0.360. The summed E-state index contributed by atoms with van der Waals surface area (Å²) in [6.45, 7) is 1.95. The van der Waals surface area contributed by atoms with Gasteiger partial charge >= 0.3 is 12.1 Å². The van der Waals surface area contributed by atoms with Crippen LogP contribution in [0.2, 0.25) is 5.02 Å². The molecule has 0 saturated carbocycles. The van der Waals surface area contributed by atoms with Gasteiger partial charge in [-0.3, -0.25) is 4.98 Å². The van der Waals surface area contributed by atoms with E-state index in [0.717, 1.165) is 53.7 Å². The Balaban J connectivity index is 1.67. The number of aryl methyl sites for hydroxylation is 1. The molecule has 0 radical (unpaired) electrons. The Kier molecular flexibility index (Phi) is 7.17.